The maximum atomic E-state index is 13.4. The molecule has 1 saturated heterocycles. The molecule has 4 heterocycles. The van der Waals surface area contributed by atoms with Gasteiger partial charge in [0.15, 0.2) is 0 Å². The Morgan fingerprint density at radius 3 is 2.49 bits per heavy atom. The number of imide groups is 2. The van der Waals surface area contributed by atoms with Gasteiger partial charge in [0, 0.05) is 55.5 Å². The summed E-state index contributed by atoms with van der Waals surface area (Å²) in [5, 5.41) is 13.8. The molecular weight excluding hydrogens is 798 g/mol. The molecule has 3 N–H and O–H groups in total. The number of nitrogens with zero attached hydrogens (tertiary/aromatic N) is 5. The first kappa shape index (κ1) is 41.8. The smallest absolute Gasteiger partial charge is 0.433 e. The molecule has 2 aromatic carbocycles. The molecule has 0 spiro atoms. The lowest BCUT2D eigenvalue weighted by Crippen LogP contribution is -2.54. The lowest BCUT2D eigenvalue weighted by atomic mass is 9.86. The van der Waals surface area contributed by atoms with Crippen molar-refractivity contribution in [3.8, 4) is 5.75 Å². The van der Waals surface area contributed by atoms with E-state index in [1.54, 1.807) is 30.3 Å². The van der Waals surface area contributed by atoms with Gasteiger partial charge in [-0.1, -0.05) is 12.1 Å². The van der Waals surface area contributed by atoms with Crippen molar-refractivity contribution in [2.75, 3.05) is 44.5 Å². The van der Waals surface area contributed by atoms with E-state index < -0.39 is 47.4 Å². The van der Waals surface area contributed by atoms with E-state index in [4.69, 9.17) is 14.6 Å². The molecule has 0 radical (unpaired) electrons. The van der Waals surface area contributed by atoms with E-state index in [2.05, 4.69) is 32.9 Å². The Bertz CT molecular complexity index is 2360. The van der Waals surface area contributed by atoms with E-state index in [1.807, 2.05) is 10.9 Å². The first-order valence-corrected chi connectivity index (χ1v) is 20.6. The predicted octanol–water partition coefficient (Wildman–Crippen LogP) is 5.83. The number of fused-ring (bicyclic) bond motifs is 2. The molecule has 18 heteroatoms. The van der Waals surface area contributed by atoms with Crippen LogP contribution in [0.1, 0.15) is 101 Å². The number of rotatable bonds is 14. The van der Waals surface area contributed by atoms with Crippen LogP contribution in [0.15, 0.2) is 54.7 Å². The monoisotopic (exact) mass is 844 g/mol. The number of halogens is 3. The number of aromatic nitrogens is 3. The quantitative estimate of drug-likeness (QED) is 0.103. The van der Waals surface area contributed by atoms with Crippen LogP contribution < -0.4 is 20.7 Å². The van der Waals surface area contributed by atoms with Crippen LogP contribution in [0.3, 0.4) is 0 Å². The zero-order valence-corrected chi connectivity index (χ0v) is 33.8. The van der Waals surface area contributed by atoms with Crippen molar-refractivity contribution in [3.05, 3.63) is 77.2 Å². The van der Waals surface area contributed by atoms with Crippen LogP contribution in [0.2, 0.25) is 0 Å². The fourth-order valence-electron chi connectivity index (χ4n) is 8.81. The van der Waals surface area contributed by atoms with Gasteiger partial charge in [0.25, 0.3) is 17.7 Å². The average Bonchev–Trinajstić information content (AvgIpc) is 3.75. The van der Waals surface area contributed by atoms with Crippen LogP contribution in [0.4, 0.5) is 24.5 Å². The number of anilines is 2. The number of ether oxygens (including phenoxy) is 2. The van der Waals surface area contributed by atoms with Gasteiger partial charge in [0.1, 0.15) is 23.2 Å². The molecular formula is C43H47F3N8O7. The maximum Gasteiger partial charge on any atom is 0.433 e. The molecule has 2 aliphatic heterocycles. The number of carbonyl (C=O) groups excluding carboxylic acids is 5. The van der Waals surface area contributed by atoms with E-state index in [1.165, 1.54) is 13.2 Å². The van der Waals surface area contributed by atoms with E-state index in [9.17, 15) is 37.1 Å². The minimum absolute atomic E-state index is 0.0665. The van der Waals surface area contributed by atoms with Crippen LogP contribution in [-0.4, -0.2) is 106 Å². The third-order valence-electron chi connectivity index (χ3n) is 12.1. The van der Waals surface area contributed by atoms with Gasteiger partial charge in [-0.3, -0.25) is 38.9 Å². The van der Waals surface area contributed by atoms with Crippen molar-refractivity contribution >= 4 is 51.8 Å². The maximum absolute atomic E-state index is 13.4. The summed E-state index contributed by atoms with van der Waals surface area (Å²) < 4.78 is 53.1. The summed E-state index contributed by atoms with van der Waals surface area (Å²) in [6.45, 7) is 2.52. The Labute approximate surface area is 349 Å². The molecule has 1 unspecified atom stereocenters. The van der Waals surface area contributed by atoms with Gasteiger partial charge in [-0.05, 0) is 94.7 Å². The van der Waals surface area contributed by atoms with Gasteiger partial charge in [0.05, 0.1) is 41.6 Å². The molecule has 2 saturated carbocycles. The molecule has 61 heavy (non-hydrogen) atoms. The number of alkyl halides is 3. The molecule has 5 amide bonds. The van der Waals surface area contributed by atoms with Gasteiger partial charge < -0.3 is 25.0 Å². The Kier molecular flexibility index (Phi) is 11.8. The number of hydrogen-bond acceptors (Lipinski definition) is 11. The number of amides is 5. The van der Waals surface area contributed by atoms with Crippen LogP contribution in [-0.2, 0) is 20.5 Å². The third kappa shape index (κ3) is 8.96. The number of benzene rings is 2. The number of piperidine rings is 1. The highest BCUT2D eigenvalue weighted by molar-refractivity contribution is 6.25. The molecule has 15 nitrogen and oxygen atoms in total. The zero-order valence-electron chi connectivity index (χ0n) is 33.8. The molecule has 322 valence electrons. The minimum Gasteiger partial charge on any atom is -0.494 e. The predicted molar refractivity (Wildman–Crippen MR) is 216 cm³/mol. The fraction of sp³-hybridized carbons (Fsp3) is 0.465. The SMILES string of the molecule is COc1cc2nn([C@H]3CC[C@H](CN(C)CCCO[C@H]4C[C@H](Nc5cccc6c5C(=O)N(C5CCC(=O)NC5=O)C6=O)C4)CC3)cc2cc1NC(=O)c1cccc(C(F)(F)F)n1. The molecule has 2 aromatic heterocycles. The number of carbonyl (C=O) groups is 5. The second kappa shape index (κ2) is 17.2. The normalized spacial score (nSPS) is 22.9. The standard InChI is InChI=1S/C43H47F3N8O7/c1-52(16-5-17-61-28-19-26(20-28)47-30-7-3-6-29-38(30)42(59)54(41(29)58)34-14-15-37(55)50-40(34)57)22-24-10-12-27(13-11-24)53-23-25-18-33(35(60-2)21-32(25)51-53)49-39(56)31-8-4-9-36(48-31)43(44,45)46/h3-4,6-9,18,21,23-24,26-28,34,47H,5,10-17,19-20,22H2,1-2H3,(H,49,56)(H,50,55,57)/t24-,26-,27-,28-,34?. The van der Waals surface area contributed by atoms with Crippen molar-refractivity contribution in [1.29, 1.82) is 0 Å². The van der Waals surface area contributed by atoms with Crippen molar-refractivity contribution in [2.24, 2.45) is 5.92 Å². The molecule has 8 rings (SSSR count). The minimum atomic E-state index is -4.67. The van der Waals surface area contributed by atoms with Crippen molar-refractivity contribution in [2.45, 2.75) is 88.2 Å². The summed E-state index contributed by atoms with van der Waals surface area (Å²) in [5.74, 6) is -2.01. The summed E-state index contributed by atoms with van der Waals surface area (Å²) >= 11 is 0. The van der Waals surface area contributed by atoms with Crippen LogP contribution in [0.5, 0.6) is 5.75 Å². The van der Waals surface area contributed by atoms with Crippen LogP contribution in [0.25, 0.3) is 10.9 Å². The summed E-state index contributed by atoms with van der Waals surface area (Å²) in [6, 6.07) is 10.9. The lowest BCUT2D eigenvalue weighted by Gasteiger charge is -2.36. The van der Waals surface area contributed by atoms with E-state index in [0.29, 0.717) is 35.2 Å². The van der Waals surface area contributed by atoms with Gasteiger partial charge in [0.2, 0.25) is 11.8 Å². The summed E-state index contributed by atoms with van der Waals surface area (Å²) in [5.41, 5.74) is 0.534. The molecule has 3 fully saturated rings. The Hall–Kier alpha value is -5.88. The van der Waals surface area contributed by atoms with Crippen molar-refractivity contribution < 1.29 is 46.6 Å². The Morgan fingerprint density at radius 2 is 1.75 bits per heavy atom. The van der Waals surface area contributed by atoms with Gasteiger partial charge in [-0.15, -0.1) is 0 Å². The second-order valence-electron chi connectivity index (χ2n) is 16.4. The van der Waals surface area contributed by atoms with E-state index in [0.717, 1.165) is 80.5 Å². The van der Waals surface area contributed by atoms with Crippen LogP contribution >= 0.6 is 0 Å². The summed E-state index contributed by atoms with van der Waals surface area (Å²) in [4.78, 5) is 70.3. The summed E-state index contributed by atoms with van der Waals surface area (Å²) in [6.07, 6.45) is 3.96. The molecule has 0 bridgehead atoms. The Morgan fingerprint density at radius 1 is 0.984 bits per heavy atom. The van der Waals surface area contributed by atoms with Crippen molar-refractivity contribution in [1.82, 2.24) is 29.9 Å². The highest BCUT2D eigenvalue weighted by Gasteiger charge is 2.46. The zero-order chi connectivity index (χ0) is 43.0. The number of pyridine rings is 1. The average molecular weight is 845 g/mol. The van der Waals surface area contributed by atoms with Crippen LogP contribution in [0, 0.1) is 5.92 Å². The van der Waals surface area contributed by atoms with Crippen molar-refractivity contribution in [3.63, 3.8) is 0 Å². The summed E-state index contributed by atoms with van der Waals surface area (Å²) in [7, 11) is 3.58. The highest BCUT2D eigenvalue weighted by atomic mass is 19.4. The van der Waals surface area contributed by atoms with Gasteiger partial charge >= 0.3 is 6.18 Å². The molecule has 4 aliphatic rings. The third-order valence-corrected chi connectivity index (χ3v) is 12.1. The Balaban J connectivity index is 0.750. The molecule has 4 aromatic rings. The first-order valence-electron chi connectivity index (χ1n) is 20.6. The first-order chi connectivity index (χ1) is 29.2. The number of nitrogens with one attached hydrogen (secondary N) is 3. The van der Waals surface area contributed by atoms with Gasteiger partial charge in [-0.2, -0.15) is 18.3 Å². The molecule has 1 atom stereocenters. The number of methoxy groups -OCH3 is 1. The number of hydrogen-bond donors (Lipinski definition) is 3. The fourth-order valence-corrected chi connectivity index (χ4v) is 8.81. The topological polar surface area (TPSA) is 177 Å². The molecule has 2 aliphatic carbocycles. The highest BCUT2D eigenvalue weighted by Crippen LogP contribution is 2.37. The van der Waals surface area contributed by atoms with Gasteiger partial charge in [-0.25, -0.2) is 4.98 Å². The lowest BCUT2D eigenvalue weighted by molar-refractivity contribution is -0.141. The van der Waals surface area contributed by atoms with E-state index in [-0.39, 0.29) is 47.9 Å². The second-order valence-corrected chi connectivity index (χ2v) is 16.4. The van der Waals surface area contributed by atoms with E-state index >= 15 is 0 Å². The largest absolute Gasteiger partial charge is 0.494 e.